The number of hydrogen-bond acceptors (Lipinski definition) is 16. The molecule has 99 heavy (non-hydrogen) atoms. The summed E-state index contributed by atoms with van der Waals surface area (Å²) in [5.74, 6) is -10.3. The number of carboxylic acid groups (broad SMARTS) is 1. The van der Waals surface area contributed by atoms with Gasteiger partial charge in [0.15, 0.2) is 11.9 Å². The quantitative estimate of drug-likeness (QED) is 0.0127. The zero-order valence-corrected chi connectivity index (χ0v) is 57.5. The Kier molecular flexibility index (Phi) is 34.6. The number of guanidine groups is 2. The van der Waals surface area contributed by atoms with Gasteiger partial charge in [-0.25, -0.2) is 4.79 Å². The summed E-state index contributed by atoms with van der Waals surface area (Å²) in [6.07, 6.45) is 5.85. The molecule has 0 aliphatic heterocycles. The molecular formula is C66H105N21O12. The van der Waals surface area contributed by atoms with Gasteiger partial charge in [0.25, 0.3) is 0 Å². The number of H-pyrrole nitrogens is 2. The zero-order valence-electron chi connectivity index (χ0n) is 57.5. The Labute approximate surface area is 576 Å². The fourth-order valence-electron chi connectivity index (χ4n) is 10.8. The van der Waals surface area contributed by atoms with Gasteiger partial charge in [-0.05, 0) is 139 Å². The summed E-state index contributed by atoms with van der Waals surface area (Å²) in [5.41, 5.74) is 42.9. The molecule has 4 rings (SSSR count). The van der Waals surface area contributed by atoms with E-state index in [0.717, 1.165) is 27.4 Å². The minimum Gasteiger partial charge on any atom is -0.480 e. The Hall–Kier alpha value is -9.89. The molecule has 0 spiro atoms. The monoisotopic (exact) mass is 1380 g/mol. The molecule has 546 valence electrons. The molecule has 33 nitrogen and oxygen atoms in total. The lowest BCUT2D eigenvalue weighted by Crippen LogP contribution is -2.60. The third-order valence-corrected chi connectivity index (χ3v) is 16.6. The Morgan fingerprint density at radius 1 is 0.475 bits per heavy atom. The van der Waals surface area contributed by atoms with E-state index in [-0.39, 0.29) is 95.3 Å². The van der Waals surface area contributed by atoms with E-state index in [1.54, 1.807) is 46.2 Å². The molecule has 0 saturated heterocycles. The molecule has 0 aliphatic carbocycles. The first-order valence-electron chi connectivity index (χ1n) is 33.7. The highest BCUT2D eigenvalue weighted by Crippen LogP contribution is 2.22. The average molecular weight is 1380 g/mol. The summed E-state index contributed by atoms with van der Waals surface area (Å²) < 4.78 is 0. The summed E-state index contributed by atoms with van der Waals surface area (Å²) in [7, 11) is 0. The molecule has 0 aliphatic rings. The van der Waals surface area contributed by atoms with E-state index in [1.165, 1.54) is 13.8 Å². The van der Waals surface area contributed by atoms with Crippen LogP contribution in [0, 0.1) is 11.8 Å². The van der Waals surface area contributed by atoms with Gasteiger partial charge in [0.1, 0.15) is 54.4 Å². The number of hydrogen-bond donors (Lipinski definition) is 20. The second kappa shape index (κ2) is 42.0. The first-order valence-corrected chi connectivity index (χ1v) is 33.7. The number of para-hydroxylation sites is 2. The number of carbonyl (C=O) groups excluding carboxylic acids is 10. The fourth-order valence-corrected chi connectivity index (χ4v) is 10.8. The van der Waals surface area contributed by atoms with Crippen molar-refractivity contribution in [2.45, 2.75) is 192 Å². The van der Waals surface area contributed by atoms with Crippen LogP contribution in [0.25, 0.3) is 21.8 Å². The topological polar surface area (TPSA) is 567 Å². The summed E-state index contributed by atoms with van der Waals surface area (Å²) in [6.45, 7) is 9.84. The number of aromatic nitrogens is 2. The fraction of sp³-hybridized carbons (Fsp3) is 0.561. The smallest absolute Gasteiger partial charge is 0.326 e. The molecule has 0 radical (unpaired) electrons. The molecule has 27 N–H and O–H groups in total. The molecule has 2 aromatic heterocycles. The second-order valence-electron chi connectivity index (χ2n) is 25.1. The lowest BCUT2D eigenvalue weighted by molar-refractivity contribution is -0.142. The number of nitrogens with two attached hydrogens (primary N) is 7. The number of benzene rings is 2. The highest BCUT2D eigenvalue weighted by molar-refractivity contribution is 5.99. The van der Waals surface area contributed by atoms with Crippen molar-refractivity contribution in [3.05, 3.63) is 72.1 Å². The number of fused-ring (bicyclic) bond motifs is 2. The van der Waals surface area contributed by atoms with Gasteiger partial charge in [-0.1, -0.05) is 70.5 Å². The third-order valence-electron chi connectivity index (χ3n) is 16.6. The summed E-state index contributed by atoms with van der Waals surface area (Å²) in [4.78, 5) is 167. The Morgan fingerprint density at radius 3 is 1.35 bits per heavy atom. The Morgan fingerprint density at radius 2 is 0.889 bits per heavy atom. The van der Waals surface area contributed by atoms with Gasteiger partial charge in [0.2, 0.25) is 59.1 Å². The van der Waals surface area contributed by atoms with Crippen LogP contribution in [0.15, 0.2) is 70.9 Å². The molecule has 33 heteroatoms. The van der Waals surface area contributed by atoms with Crippen molar-refractivity contribution in [2.75, 3.05) is 32.7 Å². The van der Waals surface area contributed by atoms with Gasteiger partial charge < -0.3 is 108 Å². The molecule has 11 atom stereocenters. The van der Waals surface area contributed by atoms with E-state index in [9.17, 15) is 57.8 Å². The lowest BCUT2D eigenvalue weighted by Gasteiger charge is -2.28. The predicted octanol–water partition coefficient (Wildman–Crippen LogP) is -2.18. The number of aliphatic carboxylic acids is 1. The minimum atomic E-state index is -1.38. The van der Waals surface area contributed by atoms with Crippen LogP contribution in [0.3, 0.4) is 0 Å². The van der Waals surface area contributed by atoms with Crippen LogP contribution in [0.1, 0.15) is 130 Å². The Balaban J connectivity index is 1.50. The molecule has 0 bridgehead atoms. The molecule has 2 heterocycles. The van der Waals surface area contributed by atoms with Crippen molar-refractivity contribution < 1.29 is 57.8 Å². The summed E-state index contributed by atoms with van der Waals surface area (Å²) in [5, 5.41) is 38.1. The number of carbonyl (C=O) groups is 11. The molecular weight excluding hydrogens is 1280 g/mol. The van der Waals surface area contributed by atoms with Gasteiger partial charge >= 0.3 is 5.97 Å². The van der Waals surface area contributed by atoms with Crippen LogP contribution in [0.2, 0.25) is 0 Å². The van der Waals surface area contributed by atoms with E-state index < -0.39 is 138 Å². The van der Waals surface area contributed by atoms with Gasteiger partial charge in [-0.15, -0.1) is 0 Å². The van der Waals surface area contributed by atoms with Crippen LogP contribution < -0.4 is 93.3 Å². The maximum atomic E-state index is 14.6. The summed E-state index contributed by atoms with van der Waals surface area (Å²) in [6, 6.07) is 2.18. The van der Waals surface area contributed by atoms with Crippen LogP contribution >= 0.6 is 0 Å². The maximum absolute atomic E-state index is 14.6. The lowest BCUT2D eigenvalue weighted by atomic mass is 9.97. The predicted molar refractivity (Wildman–Crippen MR) is 376 cm³/mol. The first kappa shape index (κ1) is 81.5. The highest BCUT2D eigenvalue weighted by atomic mass is 16.4. The van der Waals surface area contributed by atoms with Crippen LogP contribution in [0.5, 0.6) is 0 Å². The Bertz CT molecular complexity index is 3400. The second-order valence-corrected chi connectivity index (χ2v) is 25.1. The molecule has 10 amide bonds. The van der Waals surface area contributed by atoms with Crippen molar-refractivity contribution in [2.24, 2.45) is 62.0 Å². The minimum absolute atomic E-state index is 0.0137. The van der Waals surface area contributed by atoms with Crippen molar-refractivity contribution in [3.63, 3.8) is 0 Å². The number of unbranched alkanes of at least 4 members (excludes halogenated alkanes) is 2. The zero-order chi connectivity index (χ0) is 73.3. The molecule has 2 aromatic carbocycles. The summed E-state index contributed by atoms with van der Waals surface area (Å²) >= 11 is 0. The molecule has 0 fully saturated rings. The normalized spacial score (nSPS) is 14.6. The van der Waals surface area contributed by atoms with Crippen molar-refractivity contribution in [1.29, 1.82) is 0 Å². The number of rotatable bonds is 45. The van der Waals surface area contributed by atoms with Crippen LogP contribution in [-0.2, 0) is 65.6 Å². The van der Waals surface area contributed by atoms with E-state index in [0.29, 0.717) is 44.2 Å². The average Bonchev–Trinajstić information content (AvgIpc) is 1.71. The number of aromatic amines is 2. The standard InChI is InChI=1S/C66H105N21O12/c1-7-37(4)54(87-62(96)52(32-41-34-77-46-21-11-9-19-43(41)46)86-56(90)39(6)79-55(89)38(5)80-57(91)44(69)31-40-33-76-45-20-10-8-18-42(40)45)63(97)78-35-53(88)81-51(30-36(2)3)61(95)84-48(24-16-28-74-65(70)71)59(93)82-47(22-12-14-26-67)58(92)83-49(25-17-29-75-66(72)73)60(94)85-50(64(98)99)23-13-15-27-68/h8-11,18-21,33-34,36-39,44,47-52,54,76-77H,7,12-17,22-32,35,67-69H2,1-6H3,(H,78,97)(H,79,89)(H,80,91)(H,81,88)(H,82,93)(H,83,92)(H,84,95)(H,85,94)(H,86,90)(H,87,96)(H,98,99)(H4,70,71,74)(H4,72,73,75)/t37-,38-,39-,44-,47-,48-,49-,50-,51-,52-,54-/m0/s1. The number of amides is 10. The molecule has 0 unspecified atom stereocenters. The van der Waals surface area contributed by atoms with Crippen molar-refractivity contribution in [3.8, 4) is 0 Å². The first-order chi connectivity index (χ1) is 47.1. The number of nitrogens with one attached hydrogen (secondary N) is 12. The van der Waals surface area contributed by atoms with E-state index in [4.69, 9.17) is 40.1 Å². The highest BCUT2D eigenvalue weighted by Gasteiger charge is 2.36. The van der Waals surface area contributed by atoms with Gasteiger partial charge in [-0.3, -0.25) is 57.9 Å². The van der Waals surface area contributed by atoms with Gasteiger partial charge in [0.05, 0.1) is 12.6 Å². The van der Waals surface area contributed by atoms with Gasteiger partial charge in [0, 0.05) is 53.7 Å². The van der Waals surface area contributed by atoms with Crippen molar-refractivity contribution in [1.82, 2.24) is 63.1 Å². The molecule has 0 saturated carbocycles. The largest absolute Gasteiger partial charge is 0.480 e. The number of carboxylic acids is 1. The van der Waals surface area contributed by atoms with E-state index in [1.807, 2.05) is 42.5 Å². The third kappa shape index (κ3) is 27.9. The van der Waals surface area contributed by atoms with Crippen LogP contribution in [0.4, 0.5) is 0 Å². The maximum Gasteiger partial charge on any atom is 0.326 e. The van der Waals surface area contributed by atoms with E-state index in [2.05, 4.69) is 73.1 Å². The van der Waals surface area contributed by atoms with Crippen LogP contribution in [-0.4, -0.2) is 185 Å². The van der Waals surface area contributed by atoms with Crippen molar-refractivity contribution >= 4 is 98.8 Å². The molecule has 4 aromatic rings. The van der Waals surface area contributed by atoms with E-state index >= 15 is 0 Å². The van der Waals surface area contributed by atoms with Gasteiger partial charge in [-0.2, -0.15) is 0 Å². The number of nitrogens with zero attached hydrogens (tertiary/aromatic N) is 2. The number of aliphatic imine (C=N–C) groups is 2. The SMILES string of the molecule is CC[C@H](C)[C@H](NC(=O)[C@H](Cc1c[nH]c2ccccc12)NC(=O)[C@H](C)NC(=O)[C@H](C)NC(=O)[C@@H](N)Cc1c[nH]c2ccccc12)C(=O)NCC(=O)N[C@@H](CC(C)C)C(=O)N[C@@H](CCCN=C(N)N)C(=O)N[C@@H](CCCCN)C(=O)N[C@@H](CCCN=C(N)N)C(=O)N[C@@H](CCCCN)C(=O)O.